The van der Waals surface area contributed by atoms with E-state index >= 15 is 0 Å². The van der Waals surface area contributed by atoms with E-state index in [9.17, 15) is 4.79 Å². The summed E-state index contributed by atoms with van der Waals surface area (Å²) >= 11 is 5.53. The van der Waals surface area contributed by atoms with Crippen LogP contribution in [0.1, 0.15) is 59.3 Å². The molecule has 1 atom stereocenters. The van der Waals surface area contributed by atoms with E-state index in [0.29, 0.717) is 12.5 Å². The first-order valence-corrected chi connectivity index (χ1v) is 9.72. The van der Waals surface area contributed by atoms with Crippen molar-refractivity contribution in [2.45, 2.75) is 63.7 Å². The second-order valence-electron chi connectivity index (χ2n) is 4.36. The Labute approximate surface area is 132 Å². The van der Waals surface area contributed by atoms with E-state index < -0.39 is 0 Å². The molecule has 0 aromatic rings. The molecule has 0 bridgehead atoms. The summed E-state index contributed by atoms with van der Waals surface area (Å²) < 4.78 is 6.46. The molecule has 0 fully saturated rings. The summed E-state index contributed by atoms with van der Waals surface area (Å²) in [5.41, 5.74) is 0. The van der Waals surface area contributed by atoms with Crippen LogP contribution in [0, 0.1) is 5.92 Å². The Hall–Kier alpha value is 0.619. The molecule has 0 aromatic heterocycles. The van der Waals surface area contributed by atoms with Crippen LogP contribution in [0.4, 0.5) is 0 Å². The molecule has 0 amide bonds. The Kier molecular flexibility index (Phi) is 20.5. The van der Waals surface area contributed by atoms with Crippen LogP contribution in [0.5, 0.6) is 0 Å². The summed E-state index contributed by atoms with van der Waals surface area (Å²) in [6.45, 7) is 7.10. The number of thiol groups is 1. The maximum atomic E-state index is 10.8. The van der Waals surface area contributed by atoms with Gasteiger partial charge in [-0.3, -0.25) is 4.79 Å². The first-order valence-electron chi connectivity index (χ1n) is 7.07. The van der Waals surface area contributed by atoms with Gasteiger partial charge in [0.25, 0.3) is 0 Å². The Morgan fingerprint density at radius 2 is 1.83 bits per heavy atom. The van der Waals surface area contributed by atoms with Crippen LogP contribution in [0.15, 0.2) is 0 Å². The summed E-state index contributed by atoms with van der Waals surface area (Å²) in [5.74, 6) is 0.506. The summed E-state index contributed by atoms with van der Waals surface area (Å²) in [7, 11) is 0. The average molecular weight is 380 g/mol. The molecule has 0 aliphatic carbocycles. The molecule has 0 N–H and O–H groups in total. The fourth-order valence-corrected chi connectivity index (χ4v) is 2.43. The number of unbranched alkanes of at least 4 members (excludes halogenated alkanes) is 2. The number of hydrogen-bond donors (Lipinski definition) is 1. The van der Waals surface area contributed by atoms with Gasteiger partial charge in [-0.25, -0.2) is 0 Å². The first kappa shape index (κ1) is 20.9. The van der Waals surface area contributed by atoms with Gasteiger partial charge >= 0.3 is 52.7 Å². The van der Waals surface area contributed by atoms with Crippen LogP contribution in [0.25, 0.3) is 0 Å². The predicted molar refractivity (Wildman–Crippen MR) is 83.6 cm³/mol. The molecule has 0 heterocycles. The summed E-state index contributed by atoms with van der Waals surface area (Å²) in [5, 5.41) is 0. The number of esters is 1. The van der Waals surface area contributed by atoms with Gasteiger partial charge in [0, 0.05) is 0 Å². The molecule has 2 nitrogen and oxygen atoms in total. The minimum atomic E-state index is -0.210. The van der Waals surface area contributed by atoms with Gasteiger partial charge in [0.15, 0.2) is 0 Å². The molecule has 0 saturated heterocycles. The van der Waals surface area contributed by atoms with Crippen molar-refractivity contribution in [3.8, 4) is 0 Å². The molecular weight excluding hydrogens is 351 g/mol. The molecule has 0 saturated carbocycles. The van der Waals surface area contributed by atoms with Crippen molar-refractivity contribution in [3.63, 3.8) is 0 Å². The summed E-state index contributed by atoms with van der Waals surface area (Å²) in [6, 6.07) is 0. The number of rotatable bonds is 9. The molecule has 18 heavy (non-hydrogen) atoms. The van der Waals surface area contributed by atoms with E-state index in [1.165, 1.54) is 30.1 Å². The van der Waals surface area contributed by atoms with E-state index in [4.69, 9.17) is 4.74 Å². The molecule has 3 radical (unpaired) electrons. The van der Waals surface area contributed by atoms with Gasteiger partial charge in [-0.15, -0.1) is 0 Å². The van der Waals surface area contributed by atoms with Gasteiger partial charge < -0.3 is 4.74 Å². The summed E-state index contributed by atoms with van der Waals surface area (Å²) in [4.78, 5) is 10.8. The topological polar surface area (TPSA) is 26.3 Å². The second kappa shape index (κ2) is 17.6. The van der Waals surface area contributed by atoms with Crippen LogP contribution in [-0.2, 0) is 9.53 Å². The van der Waals surface area contributed by atoms with E-state index in [0.717, 1.165) is 12.8 Å². The predicted octanol–water partition coefficient (Wildman–Crippen LogP) is 4.05. The average Bonchev–Trinajstić information content (AvgIpc) is 2.40. The van der Waals surface area contributed by atoms with Crippen molar-refractivity contribution in [1.82, 2.24) is 0 Å². The Bertz CT molecular complexity index is 175. The van der Waals surface area contributed by atoms with Crippen LogP contribution in [0.2, 0.25) is 4.44 Å². The van der Waals surface area contributed by atoms with Crippen molar-refractivity contribution in [2.75, 3.05) is 12.4 Å². The van der Waals surface area contributed by atoms with Crippen molar-refractivity contribution < 1.29 is 9.53 Å². The molecule has 0 aromatic carbocycles. The Morgan fingerprint density at radius 1 is 1.22 bits per heavy atom. The Morgan fingerprint density at radius 3 is 2.17 bits per heavy atom. The van der Waals surface area contributed by atoms with Gasteiger partial charge in [-0.1, -0.05) is 33.1 Å². The standard InChI is InChI=1S/C10H20O2S.C4H9.Sn/c1-3-5-6-9(4-2)7-12-10(11)8-13;1-3-4-2;/h9,13H,3-8H2,1-2H3;1,3-4H2,2H3;. The third-order valence-corrected chi connectivity index (χ3v) is 3.95. The molecule has 107 valence electrons. The van der Waals surface area contributed by atoms with Gasteiger partial charge in [0.1, 0.15) is 0 Å². The Balaban J connectivity index is 0. The van der Waals surface area contributed by atoms with E-state index in [2.05, 4.69) is 33.4 Å². The number of carbonyl (C=O) groups excluding carboxylic acids is 1. The van der Waals surface area contributed by atoms with E-state index in [1.807, 2.05) is 0 Å². The second-order valence-corrected chi connectivity index (χ2v) is 6.10. The van der Waals surface area contributed by atoms with Crippen molar-refractivity contribution in [3.05, 3.63) is 0 Å². The zero-order chi connectivity index (χ0) is 14.2. The number of hydrogen-bond acceptors (Lipinski definition) is 3. The van der Waals surface area contributed by atoms with Crippen LogP contribution < -0.4 is 0 Å². The number of ether oxygens (including phenoxy) is 1. The molecule has 0 rings (SSSR count). The van der Waals surface area contributed by atoms with Gasteiger partial charge in [0.05, 0.1) is 12.4 Å². The summed E-state index contributed by atoms with van der Waals surface area (Å²) in [6.07, 6.45) is 7.46. The normalized spacial score (nSPS) is 11.4. The van der Waals surface area contributed by atoms with E-state index in [-0.39, 0.29) is 11.7 Å². The van der Waals surface area contributed by atoms with Crippen LogP contribution >= 0.6 is 12.6 Å². The third kappa shape index (κ3) is 16.6. The first-order chi connectivity index (χ1) is 8.65. The molecule has 4 heteroatoms. The zero-order valence-electron chi connectivity index (χ0n) is 12.2. The molecule has 0 spiro atoms. The maximum absolute atomic E-state index is 10.8. The van der Waals surface area contributed by atoms with Gasteiger partial charge in [0.2, 0.25) is 0 Å². The fraction of sp³-hybridized carbons (Fsp3) is 0.929. The number of carbonyl (C=O) groups is 1. The molecule has 0 aliphatic heterocycles. The SMILES string of the molecule is CCCCC(CC)COC(=O)CS.CCC[CH2][Sn]. The van der Waals surface area contributed by atoms with Gasteiger partial charge in [-0.2, -0.15) is 12.6 Å². The van der Waals surface area contributed by atoms with E-state index in [1.54, 1.807) is 22.5 Å². The monoisotopic (exact) mass is 381 g/mol. The molecule has 0 aliphatic rings. The quantitative estimate of drug-likeness (QED) is 0.371. The molecular formula is C14H29O2SSn. The van der Waals surface area contributed by atoms with Gasteiger partial charge in [-0.05, 0) is 12.3 Å². The zero-order valence-corrected chi connectivity index (χ0v) is 16.0. The van der Waals surface area contributed by atoms with Crippen LogP contribution in [-0.4, -0.2) is 40.9 Å². The van der Waals surface area contributed by atoms with Crippen molar-refractivity contribution >= 4 is 41.1 Å². The molecule has 1 unspecified atom stereocenters. The minimum absolute atomic E-state index is 0.185. The third-order valence-electron chi connectivity index (χ3n) is 2.68. The van der Waals surface area contributed by atoms with Crippen molar-refractivity contribution in [1.29, 1.82) is 0 Å². The van der Waals surface area contributed by atoms with Crippen LogP contribution in [0.3, 0.4) is 0 Å². The van der Waals surface area contributed by atoms with Crippen molar-refractivity contribution in [2.24, 2.45) is 5.92 Å². The fourth-order valence-electron chi connectivity index (χ4n) is 1.33.